The maximum atomic E-state index is 12.1. The summed E-state index contributed by atoms with van der Waals surface area (Å²) in [6.45, 7) is 7.55. The molecular formula is C15H22N4O2. The molecule has 1 aliphatic heterocycles. The van der Waals surface area contributed by atoms with Crippen molar-refractivity contribution in [2.24, 2.45) is 0 Å². The van der Waals surface area contributed by atoms with Gasteiger partial charge in [0.05, 0.1) is 17.8 Å². The van der Waals surface area contributed by atoms with Crippen molar-refractivity contribution in [2.45, 2.75) is 45.7 Å². The summed E-state index contributed by atoms with van der Waals surface area (Å²) < 4.78 is 0. The lowest BCUT2D eigenvalue weighted by Gasteiger charge is -2.24. The molecule has 2 amide bonds. The van der Waals surface area contributed by atoms with Gasteiger partial charge in [0.15, 0.2) is 0 Å². The van der Waals surface area contributed by atoms with E-state index in [1.807, 2.05) is 20.8 Å². The van der Waals surface area contributed by atoms with Gasteiger partial charge in [-0.3, -0.25) is 9.59 Å². The maximum Gasteiger partial charge on any atom is 0.242 e. The van der Waals surface area contributed by atoms with Gasteiger partial charge in [-0.15, -0.1) is 0 Å². The Morgan fingerprint density at radius 3 is 2.67 bits per heavy atom. The van der Waals surface area contributed by atoms with Crippen LogP contribution in [0.15, 0.2) is 12.1 Å². The predicted molar refractivity (Wildman–Crippen MR) is 84.2 cm³/mol. The molecule has 0 saturated heterocycles. The lowest BCUT2D eigenvalue weighted by Crippen LogP contribution is -2.47. The molecule has 0 saturated carbocycles. The van der Waals surface area contributed by atoms with E-state index >= 15 is 0 Å². The Morgan fingerprint density at radius 1 is 1.38 bits per heavy atom. The molecule has 0 radical (unpaired) electrons. The number of rotatable bonds is 3. The molecule has 0 aliphatic carbocycles. The topological polar surface area (TPSA) is 96.2 Å². The molecule has 0 spiro atoms. The zero-order chi connectivity index (χ0) is 15.8. The second-order valence-corrected chi connectivity index (χ2v) is 6.43. The highest BCUT2D eigenvalue weighted by Gasteiger charge is 2.22. The molecule has 21 heavy (non-hydrogen) atoms. The third kappa shape index (κ3) is 3.65. The number of fused-ring (bicyclic) bond motifs is 1. The number of anilines is 3. The Hall–Kier alpha value is -2.24. The van der Waals surface area contributed by atoms with Gasteiger partial charge < -0.3 is 21.7 Å². The molecular weight excluding hydrogens is 268 g/mol. The highest BCUT2D eigenvalue weighted by atomic mass is 16.2. The lowest BCUT2D eigenvalue weighted by molar-refractivity contribution is -0.123. The second-order valence-electron chi connectivity index (χ2n) is 6.43. The summed E-state index contributed by atoms with van der Waals surface area (Å²) >= 11 is 0. The number of nitrogen functional groups attached to an aromatic ring is 1. The van der Waals surface area contributed by atoms with Gasteiger partial charge in [0, 0.05) is 11.2 Å². The van der Waals surface area contributed by atoms with Crippen molar-refractivity contribution in [3.8, 4) is 0 Å². The van der Waals surface area contributed by atoms with Crippen LogP contribution in [-0.2, 0) is 16.0 Å². The van der Waals surface area contributed by atoms with E-state index in [4.69, 9.17) is 5.73 Å². The molecule has 1 heterocycles. The molecule has 1 unspecified atom stereocenters. The fourth-order valence-corrected chi connectivity index (χ4v) is 2.20. The highest BCUT2D eigenvalue weighted by molar-refractivity contribution is 6.01. The van der Waals surface area contributed by atoms with Crippen molar-refractivity contribution in [3.63, 3.8) is 0 Å². The van der Waals surface area contributed by atoms with E-state index in [2.05, 4.69) is 16.0 Å². The third-order valence-electron chi connectivity index (χ3n) is 3.16. The Kier molecular flexibility index (Phi) is 3.80. The first-order valence-electron chi connectivity index (χ1n) is 6.96. The first-order valence-corrected chi connectivity index (χ1v) is 6.96. The molecule has 1 aliphatic rings. The van der Waals surface area contributed by atoms with E-state index < -0.39 is 6.04 Å². The average Bonchev–Trinajstić information content (AvgIpc) is 2.66. The minimum atomic E-state index is -0.429. The minimum Gasteiger partial charge on any atom is -0.397 e. The van der Waals surface area contributed by atoms with Crippen LogP contribution >= 0.6 is 0 Å². The Balaban J connectivity index is 2.12. The number of hydrogen-bond acceptors (Lipinski definition) is 4. The SMILES string of the molecule is CC(Nc1cc2c(cc1N)CC(=O)N2)C(=O)NC(C)(C)C. The van der Waals surface area contributed by atoms with Gasteiger partial charge >= 0.3 is 0 Å². The van der Waals surface area contributed by atoms with Gasteiger partial charge in [-0.1, -0.05) is 0 Å². The summed E-state index contributed by atoms with van der Waals surface area (Å²) in [5, 5.41) is 8.77. The summed E-state index contributed by atoms with van der Waals surface area (Å²) in [5.41, 5.74) is 8.50. The van der Waals surface area contributed by atoms with Crippen LogP contribution in [0.3, 0.4) is 0 Å². The number of benzene rings is 1. The largest absolute Gasteiger partial charge is 0.397 e. The summed E-state index contributed by atoms with van der Waals surface area (Å²) in [6.07, 6.45) is 0.347. The van der Waals surface area contributed by atoms with Gasteiger partial charge in [0.2, 0.25) is 11.8 Å². The van der Waals surface area contributed by atoms with Gasteiger partial charge in [0.1, 0.15) is 6.04 Å². The van der Waals surface area contributed by atoms with E-state index in [1.165, 1.54) is 0 Å². The first-order chi connectivity index (χ1) is 9.65. The fourth-order valence-electron chi connectivity index (χ4n) is 2.20. The monoisotopic (exact) mass is 290 g/mol. The predicted octanol–water partition coefficient (Wildman–Crippen LogP) is 1.48. The summed E-state index contributed by atoms with van der Waals surface area (Å²) in [4.78, 5) is 23.4. The molecule has 114 valence electrons. The maximum absolute atomic E-state index is 12.1. The second kappa shape index (κ2) is 5.27. The zero-order valence-electron chi connectivity index (χ0n) is 12.8. The van der Waals surface area contributed by atoms with Gasteiger partial charge in [0.25, 0.3) is 0 Å². The van der Waals surface area contributed by atoms with Crippen LogP contribution in [0.4, 0.5) is 17.1 Å². The van der Waals surface area contributed by atoms with Gasteiger partial charge in [-0.25, -0.2) is 0 Å². The molecule has 1 atom stereocenters. The third-order valence-corrected chi connectivity index (χ3v) is 3.16. The number of hydrogen-bond donors (Lipinski definition) is 4. The molecule has 0 aromatic heterocycles. The van der Waals surface area contributed by atoms with E-state index in [1.54, 1.807) is 19.1 Å². The van der Waals surface area contributed by atoms with Crippen LogP contribution in [-0.4, -0.2) is 23.4 Å². The van der Waals surface area contributed by atoms with E-state index in [0.29, 0.717) is 17.8 Å². The van der Waals surface area contributed by atoms with Crippen molar-refractivity contribution < 1.29 is 9.59 Å². The van der Waals surface area contributed by atoms with Gasteiger partial charge in [-0.05, 0) is 45.4 Å². The molecule has 0 fully saturated rings. The Bertz CT molecular complexity index is 590. The van der Waals surface area contributed by atoms with Crippen molar-refractivity contribution in [3.05, 3.63) is 17.7 Å². The zero-order valence-corrected chi connectivity index (χ0v) is 12.8. The van der Waals surface area contributed by atoms with E-state index in [9.17, 15) is 9.59 Å². The van der Waals surface area contributed by atoms with Crippen LogP contribution in [0.5, 0.6) is 0 Å². The Morgan fingerprint density at radius 2 is 2.05 bits per heavy atom. The van der Waals surface area contributed by atoms with Crippen LogP contribution < -0.4 is 21.7 Å². The summed E-state index contributed by atoms with van der Waals surface area (Å²) in [7, 11) is 0. The van der Waals surface area contributed by atoms with Crippen LogP contribution in [0.25, 0.3) is 0 Å². The van der Waals surface area contributed by atoms with Crippen LogP contribution in [0.1, 0.15) is 33.3 Å². The summed E-state index contributed by atoms with van der Waals surface area (Å²) in [5.74, 6) is -0.147. The van der Waals surface area contributed by atoms with Crippen LogP contribution in [0.2, 0.25) is 0 Å². The van der Waals surface area contributed by atoms with Gasteiger partial charge in [-0.2, -0.15) is 0 Å². The minimum absolute atomic E-state index is 0.0416. The molecule has 1 aromatic carbocycles. The number of carbonyl (C=O) groups is 2. The Labute approximate surface area is 124 Å². The number of amides is 2. The quantitative estimate of drug-likeness (QED) is 0.634. The normalized spacial score (nSPS) is 15.1. The highest BCUT2D eigenvalue weighted by Crippen LogP contribution is 2.31. The first kappa shape index (κ1) is 15.2. The smallest absolute Gasteiger partial charge is 0.242 e. The number of carbonyl (C=O) groups excluding carboxylic acids is 2. The van der Waals surface area contributed by atoms with Crippen molar-refractivity contribution in [1.29, 1.82) is 0 Å². The molecule has 0 bridgehead atoms. The van der Waals surface area contributed by atoms with Crippen molar-refractivity contribution in [1.82, 2.24) is 5.32 Å². The van der Waals surface area contributed by atoms with Crippen molar-refractivity contribution in [2.75, 3.05) is 16.4 Å². The number of nitrogens with two attached hydrogens (primary N) is 1. The number of nitrogens with one attached hydrogen (secondary N) is 3. The molecule has 1 aromatic rings. The standard InChI is InChI=1S/C15H22N4O2/c1-8(14(21)19-15(2,3)4)17-12-7-11-9(5-10(12)16)6-13(20)18-11/h5,7-8,17H,6,16H2,1-4H3,(H,18,20)(H,19,21). The lowest BCUT2D eigenvalue weighted by atomic mass is 10.1. The van der Waals surface area contributed by atoms with Crippen molar-refractivity contribution >= 4 is 28.9 Å². The summed E-state index contributed by atoms with van der Waals surface area (Å²) in [6, 6.07) is 3.11. The average molecular weight is 290 g/mol. The molecule has 6 nitrogen and oxygen atoms in total. The molecule has 2 rings (SSSR count). The molecule has 6 heteroatoms. The van der Waals surface area contributed by atoms with E-state index in [0.717, 1.165) is 11.3 Å². The van der Waals surface area contributed by atoms with Crippen LogP contribution in [0, 0.1) is 0 Å². The van der Waals surface area contributed by atoms with E-state index in [-0.39, 0.29) is 17.4 Å². The fraction of sp³-hybridized carbons (Fsp3) is 0.467. The molecule has 5 N–H and O–H groups in total.